The number of piperidine rings is 1. The predicted molar refractivity (Wildman–Crippen MR) is 124 cm³/mol. The van der Waals surface area contributed by atoms with Crippen LogP contribution >= 0.6 is 0 Å². The summed E-state index contributed by atoms with van der Waals surface area (Å²) < 4.78 is 2.02. The van der Waals surface area contributed by atoms with Crippen LogP contribution in [0.15, 0.2) is 66.7 Å². The van der Waals surface area contributed by atoms with Gasteiger partial charge in [0.15, 0.2) is 0 Å². The third kappa shape index (κ3) is 3.62. The Kier molecular flexibility index (Phi) is 5.04. The van der Waals surface area contributed by atoms with Crippen LogP contribution < -0.4 is 10.6 Å². The van der Waals surface area contributed by atoms with Crippen LogP contribution in [-0.4, -0.2) is 22.2 Å². The van der Waals surface area contributed by atoms with Crippen molar-refractivity contribution < 1.29 is 10.5 Å². The lowest BCUT2D eigenvalue weighted by atomic mass is 10.0. The number of aryl methyl sites for hydroxylation is 1. The van der Waals surface area contributed by atoms with E-state index in [2.05, 4.69) is 72.5 Å². The lowest BCUT2D eigenvalue weighted by molar-refractivity contribution is -0.386. The Balaban J connectivity index is 1.53. The van der Waals surface area contributed by atoms with E-state index >= 15 is 0 Å². The van der Waals surface area contributed by atoms with Gasteiger partial charge in [0.05, 0.1) is 23.4 Å². The minimum absolute atomic E-state index is 0.226. The summed E-state index contributed by atoms with van der Waals surface area (Å²) in [6, 6.07) is 23.2. The molecule has 3 aromatic carbocycles. The van der Waals surface area contributed by atoms with E-state index in [1.54, 1.807) is 0 Å². The highest BCUT2D eigenvalue weighted by Crippen LogP contribution is 2.30. The number of hydrogen-bond donors (Lipinski definition) is 1. The SMILES string of the molecule is Cc1nn(-c2cccc(C[NH3+])c2)c2cc(-c3ccc(N4CCCCC4=O)cc3)ccc12. The number of carbonyl (C=O) groups is 1. The Hall–Kier alpha value is -3.44. The summed E-state index contributed by atoms with van der Waals surface area (Å²) >= 11 is 0. The average molecular weight is 412 g/mol. The van der Waals surface area contributed by atoms with Gasteiger partial charge in [-0.3, -0.25) is 4.79 Å². The Morgan fingerprint density at radius 2 is 1.74 bits per heavy atom. The second kappa shape index (κ2) is 8.00. The molecule has 0 aliphatic carbocycles. The summed E-state index contributed by atoms with van der Waals surface area (Å²) in [6.45, 7) is 3.62. The second-order valence-electron chi connectivity index (χ2n) is 8.20. The Labute approximate surface area is 182 Å². The fraction of sp³-hybridized carbons (Fsp3) is 0.231. The topological polar surface area (TPSA) is 65.8 Å². The first kappa shape index (κ1) is 19.5. The van der Waals surface area contributed by atoms with Gasteiger partial charge in [-0.2, -0.15) is 5.10 Å². The molecule has 0 unspecified atom stereocenters. The first-order valence-electron chi connectivity index (χ1n) is 10.9. The monoisotopic (exact) mass is 411 g/mol. The molecule has 0 atom stereocenters. The number of hydrogen-bond acceptors (Lipinski definition) is 2. The number of amides is 1. The minimum atomic E-state index is 0.226. The number of fused-ring (bicyclic) bond motifs is 1. The highest BCUT2D eigenvalue weighted by Gasteiger charge is 2.19. The van der Waals surface area contributed by atoms with E-state index in [-0.39, 0.29) is 5.91 Å². The molecule has 0 radical (unpaired) electrons. The summed E-state index contributed by atoms with van der Waals surface area (Å²) in [4.78, 5) is 14.1. The van der Waals surface area contributed by atoms with Crippen LogP contribution in [-0.2, 0) is 11.3 Å². The highest BCUT2D eigenvalue weighted by molar-refractivity contribution is 5.94. The van der Waals surface area contributed by atoms with Gasteiger partial charge >= 0.3 is 0 Å². The van der Waals surface area contributed by atoms with Crippen molar-refractivity contribution in [2.75, 3.05) is 11.4 Å². The molecule has 1 aromatic heterocycles. The molecular formula is C26H27N4O+. The molecule has 0 saturated carbocycles. The van der Waals surface area contributed by atoms with Crippen LogP contribution in [0.25, 0.3) is 27.7 Å². The fourth-order valence-electron chi connectivity index (χ4n) is 4.40. The molecule has 31 heavy (non-hydrogen) atoms. The molecule has 3 N–H and O–H groups in total. The largest absolute Gasteiger partial charge is 0.354 e. The van der Waals surface area contributed by atoms with Crippen LogP contribution in [0, 0.1) is 6.92 Å². The van der Waals surface area contributed by atoms with Crippen molar-refractivity contribution in [3.8, 4) is 16.8 Å². The van der Waals surface area contributed by atoms with Gasteiger partial charge in [-0.05, 0) is 61.2 Å². The van der Waals surface area contributed by atoms with Gasteiger partial charge in [0.25, 0.3) is 0 Å². The standard InChI is InChI=1S/C26H26N4O/c1-18-24-13-10-21(16-25(24)30(28-18)23-6-4-5-19(15-23)17-27)20-8-11-22(12-9-20)29-14-3-2-7-26(29)31/h4-6,8-13,15-16H,2-3,7,14,17,27H2,1H3/p+1. The summed E-state index contributed by atoms with van der Waals surface area (Å²) in [5.41, 5.74) is 11.6. The predicted octanol–water partition coefficient (Wildman–Crippen LogP) is 4.26. The summed E-state index contributed by atoms with van der Waals surface area (Å²) in [6.07, 6.45) is 2.72. The number of aromatic nitrogens is 2. The third-order valence-corrected chi connectivity index (χ3v) is 6.15. The first-order valence-corrected chi connectivity index (χ1v) is 10.9. The van der Waals surface area contributed by atoms with E-state index in [1.165, 1.54) is 5.56 Å². The number of nitrogens with zero attached hydrogens (tertiary/aromatic N) is 3. The molecule has 1 aliphatic rings. The van der Waals surface area contributed by atoms with Gasteiger partial charge in [0.1, 0.15) is 0 Å². The van der Waals surface area contributed by atoms with E-state index in [4.69, 9.17) is 5.10 Å². The third-order valence-electron chi connectivity index (χ3n) is 6.15. The Morgan fingerprint density at radius 1 is 0.935 bits per heavy atom. The average Bonchev–Trinajstić information content (AvgIpc) is 3.15. The van der Waals surface area contributed by atoms with Gasteiger partial charge in [-0.15, -0.1) is 0 Å². The molecule has 5 heteroatoms. The van der Waals surface area contributed by atoms with Crippen molar-refractivity contribution in [1.29, 1.82) is 0 Å². The summed E-state index contributed by atoms with van der Waals surface area (Å²) in [5.74, 6) is 0.226. The molecule has 5 nitrogen and oxygen atoms in total. The van der Waals surface area contributed by atoms with E-state index in [0.29, 0.717) is 6.42 Å². The van der Waals surface area contributed by atoms with Crippen molar-refractivity contribution in [2.45, 2.75) is 32.7 Å². The Bertz CT molecular complexity index is 1260. The lowest BCUT2D eigenvalue weighted by Crippen LogP contribution is -2.47. The number of carbonyl (C=O) groups excluding carboxylic acids is 1. The quantitative estimate of drug-likeness (QED) is 0.545. The molecule has 1 aliphatic heterocycles. The normalized spacial score (nSPS) is 14.4. The number of benzene rings is 3. The van der Waals surface area contributed by atoms with Crippen molar-refractivity contribution in [2.24, 2.45) is 0 Å². The molecule has 156 valence electrons. The summed E-state index contributed by atoms with van der Waals surface area (Å²) in [5, 5.41) is 5.96. The van der Waals surface area contributed by atoms with Crippen molar-refractivity contribution in [3.63, 3.8) is 0 Å². The van der Waals surface area contributed by atoms with Crippen LogP contribution in [0.4, 0.5) is 5.69 Å². The molecule has 1 amide bonds. The van der Waals surface area contributed by atoms with Crippen LogP contribution in [0.3, 0.4) is 0 Å². The lowest BCUT2D eigenvalue weighted by Gasteiger charge is -2.26. The molecule has 1 saturated heterocycles. The zero-order valence-electron chi connectivity index (χ0n) is 17.8. The summed E-state index contributed by atoms with van der Waals surface area (Å²) in [7, 11) is 0. The van der Waals surface area contributed by atoms with Crippen molar-refractivity contribution in [1.82, 2.24) is 9.78 Å². The molecule has 0 bridgehead atoms. The maximum atomic E-state index is 12.2. The van der Waals surface area contributed by atoms with E-state index in [1.807, 2.05) is 16.5 Å². The maximum absolute atomic E-state index is 12.2. The van der Waals surface area contributed by atoms with Gasteiger partial charge in [-0.25, -0.2) is 4.68 Å². The molecule has 1 fully saturated rings. The molecule has 0 spiro atoms. The fourth-order valence-corrected chi connectivity index (χ4v) is 4.40. The van der Waals surface area contributed by atoms with Gasteiger partial charge in [0.2, 0.25) is 5.91 Å². The maximum Gasteiger partial charge on any atom is 0.226 e. The number of anilines is 1. The van der Waals surface area contributed by atoms with Crippen LogP contribution in [0.2, 0.25) is 0 Å². The van der Waals surface area contributed by atoms with Crippen LogP contribution in [0.5, 0.6) is 0 Å². The number of rotatable bonds is 4. The zero-order valence-corrected chi connectivity index (χ0v) is 17.8. The molecule has 5 rings (SSSR count). The van der Waals surface area contributed by atoms with Crippen molar-refractivity contribution in [3.05, 3.63) is 78.0 Å². The van der Waals surface area contributed by atoms with Gasteiger partial charge in [-0.1, -0.05) is 36.4 Å². The smallest absolute Gasteiger partial charge is 0.226 e. The van der Waals surface area contributed by atoms with E-state index in [9.17, 15) is 4.79 Å². The van der Waals surface area contributed by atoms with E-state index < -0.39 is 0 Å². The van der Waals surface area contributed by atoms with Gasteiger partial charge < -0.3 is 10.6 Å². The van der Waals surface area contributed by atoms with Gasteiger partial charge in [0, 0.05) is 29.6 Å². The zero-order chi connectivity index (χ0) is 21.4. The Morgan fingerprint density at radius 3 is 2.52 bits per heavy atom. The molecular weight excluding hydrogens is 384 g/mol. The van der Waals surface area contributed by atoms with Crippen LogP contribution in [0.1, 0.15) is 30.5 Å². The van der Waals surface area contributed by atoms with Crippen molar-refractivity contribution >= 4 is 22.5 Å². The molecule has 2 heterocycles. The second-order valence-corrected chi connectivity index (χ2v) is 8.20. The highest BCUT2D eigenvalue weighted by atomic mass is 16.2. The molecule has 4 aromatic rings. The minimum Gasteiger partial charge on any atom is -0.354 e. The first-order chi connectivity index (χ1) is 15.1. The number of quaternary nitrogens is 1. The van der Waals surface area contributed by atoms with E-state index in [0.717, 1.165) is 65.0 Å².